The maximum absolute atomic E-state index is 2.41. The molecule has 1 nitrogen and oxygen atoms in total. The van der Waals surface area contributed by atoms with E-state index in [0.29, 0.717) is 6.04 Å². The standard InChI is InChI=1S/C12H13N/c1-9-5-6-10-3-2-4-11-7-8-13(9)12(10)11/h2-4,7-9H,5-6H2,1H3. The van der Waals surface area contributed by atoms with Gasteiger partial charge in [0.1, 0.15) is 0 Å². The molecule has 66 valence electrons. The van der Waals surface area contributed by atoms with Crippen molar-refractivity contribution in [2.24, 2.45) is 0 Å². The molecular formula is C12H13N. The van der Waals surface area contributed by atoms with Gasteiger partial charge in [-0.05, 0) is 36.8 Å². The second-order valence-corrected chi connectivity index (χ2v) is 3.97. The van der Waals surface area contributed by atoms with Gasteiger partial charge in [0.25, 0.3) is 0 Å². The van der Waals surface area contributed by atoms with Crippen LogP contribution in [0.4, 0.5) is 0 Å². The molecule has 0 saturated heterocycles. The first-order valence-electron chi connectivity index (χ1n) is 4.95. The van der Waals surface area contributed by atoms with E-state index in [4.69, 9.17) is 0 Å². The number of benzene rings is 1. The number of nitrogens with zero attached hydrogens (tertiary/aromatic N) is 1. The van der Waals surface area contributed by atoms with Gasteiger partial charge in [-0.3, -0.25) is 0 Å². The lowest BCUT2D eigenvalue weighted by molar-refractivity contribution is 0.504. The van der Waals surface area contributed by atoms with Crippen LogP contribution in [0.15, 0.2) is 30.5 Å². The van der Waals surface area contributed by atoms with Crippen LogP contribution in [0.5, 0.6) is 0 Å². The van der Waals surface area contributed by atoms with E-state index in [9.17, 15) is 0 Å². The Labute approximate surface area is 78.0 Å². The Morgan fingerprint density at radius 1 is 1.31 bits per heavy atom. The monoisotopic (exact) mass is 171 g/mol. The second kappa shape index (κ2) is 2.38. The third-order valence-corrected chi connectivity index (χ3v) is 3.13. The van der Waals surface area contributed by atoms with Crippen molar-refractivity contribution in [1.82, 2.24) is 4.57 Å². The highest BCUT2D eigenvalue weighted by molar-refractivity contribution is 5.84. The summed E-state index contributed by atoms with van der Waals surface area (Å²) in [7, 11) is 0. The number of hydrogen-bond donors (Lipinski definition) is 0. The van der Waals surface area contributed by atoms with Gasteiger partial charge in [-0.2, -0.15) is 0 Å². The topological polar surface area (TPSA) is 4.93 Å². The van der Waals surface area contributed by atoms with Crippen LogP contribution in [-0.2, 0) is 6.42 Å². The molecule has 1 unspecified atom stereocenters. The van der Waals surface area contributed by atoms with E-state index in [2.05, 4.69) is 42.0 Å². The molecule has 1 aliphatic heterocycles. The Morgan fingerprint density at radius 3 is 3.15 bits per heavy atom. The Bertz CT molecular complexity index is 453. The van der Waals surface area contributed by atoms with E-state index in [-0.39, 0.29) is 0 Å². The molecule has 1 heteroatoms. The highest BCUT2D eigenvalue weighted by Gasteiger charge is 2.16. The SMILES string of the molecule is CC1CCc2cccc3ccn1c23. The summed E-state index contributed by atoms with van der Waals surface area (Å²) in [4.78, 5) is 0. The first kappa shape index (κ1) is 7.19. The molecule has 0 aliphatic carbocycles. The Kier molecular flexibility index (Phi) is 1.32. The summed E-state index contributed by atoms with van der Waals surface area (Å²) in [6.07, 6.45) is 4.74. The van der Waals surface area contributed by atoms with Crippen LogP contribution in [0.3, 0.4) is 0 Å². The first-order valence-corrected chi connectivity index (χ1v) is 4.95. The average Bonchev–Trinajstić information content (AvgIpc) is 2.57. The fourth-order valence-electron chi connectivity index (χ4n) is 2.37. The average molecular weight is 171 g/mol. The molecule has 0 fully saturated rings. The zero-order chi connectivity index (χ0) is 8.84. The van der Waals surface area contributed by atoms with Crippen molar-refractivity contribution in [3.8, 4) is 0 Å². The van der Waals surface area contributed by atoms with Crippen LogP contribution in [0, 0.1) is 0 Å². The van der Waals surface area contributed by atoms with Crippen molar-refractivity contribution < 1.29 is 0 Å². The van der Waals surface area contributed by atoms with Crippen molar-refractivity contribution in [2.75, 3.05) is 0 Å². The van der Waals surface area contributed by atoms with Gasteiger partial charge in [0.2, 0.25) is 0 Å². The Balaban J connectivity index is 2.45. The number of hydrogen-bond acceptors (Lipinski definition) is 0. The zero-order valence-electron chi connectivity index (χ0n) is 7.83. The third kappa shape index (κ3) is 0.873. The van der Waals surface area contributed by atoms with Gasteiger partial charge in [-0.1, -0.05) is 18.2 Å². The predicted molar refractivity (Wildman–Crippen MR) is 55.0 cm³/mol. The molecule has 1 aliphatic rings. The molecule has 2 heterocycles. The van der Waals surface area contributed by atoms with Crippen molar-refractivity contribution in [3.63, 3.8) is 0 Å². The molecule has 1 atom stereocenters. The van der Waals surface area contributed by atoms with E-state index >= 15 is 0 Å². The van der Waals surface area contributed by atoms with E-state index in [1.165, 1.54) is 29.3 Å². The summed E-state index contributed by atoms with van der Waals surface area (Å²) < 4.78 is 2.41. The fourth-order valence-corrected chi connectivity index (χ4v) is 2.37. The summed E-state index contributed by atoms with van der Waals surface area (Å²) >= 11 is 0. The smallest absolute Gasteiger partial charge is 0.0515 e. The normalized spacial score (nSPS) is 20.8. The summed E-state index contributed by atoms with van der Waals surface area (Å²) in [5, 5.41) is 1.39. The number of para-hydroxylation sites is 1. The van der Waals surface area contributed by atoms with Crippen molar-refractivity contribution >= 4 is 10.9 Å². The lowest BCUT2D eigenvalue weighted by Crippen LogP contribution is -2.11. The van der Waals surface area contributed by atoms with Crippen LogP contribution in [0.1, 0.15) is 24.9 Å². The Hall–Kier alpha value is -1.24. The van der Waals surface area contributed by atoms with Crippen LogP contribution in [0.25, 0.3) is 10.9 Å². The minimum Gasteiger partial charge on any atom is -0.344 e. The lowest BCUT2D eigenvalue weighted by atomic mass is 10.00. The van der Waals surface area contributed by atoms with Crippen LogP contribution >= 0.6 is 0 Å². The molecule has 1 aromatic heterocycles. The summed E-state index contributed by atoms with van der Waals surface area (Å²) in [6, 6.07) is 9.52. The fraction of sp³-hybridized carbons (Fsp3) is 0.333. The number of rotatable bonds is 0. The predicted octanol–water partition coefficient (Wildman–Crippen LogP) is 3.15. The van der Waals surface area contributed by atoms with Crippen molar-refractivity contribution in [2.45, 2.75) is 25.8 Å². The van der Waals surface area contributed by atoms with E-state index in [1.807, 2.05) is 0 Å². The molecule has 0 amide bonds. The van der Waals surface area contributed by atoms with Crippen LogP contribution < -0.4 is 0 Å². The Morgan fingerprint density at radius 2 is 2.23 bits per heavy atom. The zero-order valence-corrected chi connectivity index (χ0v) is 7.83. The molecule has 1 aromatic carbocycles. The van der Waals surface area contributed by atoms with Crippen molar-refractivity contribution in [1.29, 1.82) is 0 Å². The largest absolute Gasteiger partial charge is 0.344 e. The van der Waals surface area contributed by atoms with Gasteiger partial charge in [0.15, 0.2) is 0 Å². The maximum Gasteiger partial charge on any atom is 0.0515 e. The third-order valence-electron chi connectivity index (χ3n) is 3.13. The molecule has 13 heavy (non-hydrogen) atoms. The van der Waals surface area contributed by atoms with Gasteiger partial charge < -0.3 is 4.57 Å². The molecule has 0 spiro atoms. The van der Waals surface area contributed by atoms with Gasteiger partial charge in [-0.25, -0.2) is 0 Å². The quantitative estimate of drug-likeness (QED) is 0.574. The molecular weight excluding hydrogens is 158 g/mol. The van der Waals surface area contributed by atoms with Gasteiger partial charge in [0, 0.05) is 12.2 Å². The number of aryl methyl sites for hydroxylation is 1. The minimum atomic E-state index is 0.674. The highest BCUT2D eigenvalue weighted by atomic mass is 15.0. The van der Waals surface area contributed by atoms with E-state index in [0.717, 1.165) is 0 Å². The van der Waals surface area contributed by atoms with Gasteiger partial charge >= 0.3 is 0 Å². The summed E-state index contributed by atoms with van der Waals surface area (Å²) in [5.41, 5.74) is 2.97. The van der Waals surface area contributed by atoms with Gasteiger partial charge in [-0.15, -0.1) is 0 Å². The summed E-state index contributed by atoms with van der Waals surface area (Å²) in [6.45, 7) is 2.30. The lowest BCUT2D eigenvalue weighted by Gasteiger charge is -2.22. The minimum absolute atomic E-state index is 0.674. The van der Waals surface area contributed by atoms with Crippen molar-refractivity contribution in [3.05, 3.63) is 36.0 Å². The molecule has 0 saturated carbocycles. The van der Waals surface area contributed by atoms with E-state index < -0.39 is 0 Å². The molecule has 3 rings (SSSR count). The highest BCUT2D eigenvalue weighted by Crippen LogP contribution is 2.31. The van der Waals surface area contributed by atoms with E-state index in [1.54, 1.807) is 0 Å². The van der Waals surface area contributed by atoms with Crippen LogP contribution in [0.2, 0.25) is 0 Å². The van der Waals surface area contributed by atoms with Gasteiger partial charge in [0.05, 0.1) is 5.52 Å². The number of aromatic nitrogens is 1. The molecule has 0 bridgehead atoms. The summed E-state index contributed by atoms with van der Waals surface area (Å²) in [5.74, 6) is 0. The molecule has 0 radical (unpaired) electrons. The molecule has 2 aromatic rings. The first-order chi connectivity index (χ1) is 6.36. The molecule has 0 N–H and O–H groups in total. The maximum atomic E-state index is 2.41. The van der Waals surface area contributed by atoms with Crippen LogP contribution in [-0.4, -0.2) is 4.57 Å². The second-order valence-electron chi connectivity index (χ2n) is 3.97.